The van der Waals surface area contributed by atoms with Gasteiger partial charge in [0, 0.05) is 20.2 Å². The Bertz CT molecular complexity index is 238. The molecule has 5 heteroatoms. The molecular formula is C11H21ClN2O2. The van der Waals surface area contributed by atoms with Crippen LogP contribution >= 0.6 is 12.4 Å². The minimum absolute atomic E-state index is 0. The summed E-state index contributed by atoms with van der Waals surface area (Å²) in [4.78, 5) is 12.1. The van der Waals surface area contributed by atoms with E-state index in [9.17, 15) is 4.79 Å². The second-order valence-electron chi connectivity index (χ2n) is 4.62. The molecule has 16 heavy (non-hydrogen) atoms. The Morgan fingerprint density at radius 2 is 2.44 bits per heavy atom. The van der Waals surface area contributed by atoms with Crippen molar-refractivity contribution in [2.24, 2.45) is 11.3 Å². The van der Waals surface area contributed by atoms with E-state index >= 15 is 0 Å². The molecule has 0 aromatic carbocycles. The molecule has 1 saturated carbocycles. The molecule has 2 fully saturated rings. The molecule has 2 aliphatic rings. The minimum Gasteiger partial charge on any atom is -0.383 e. The summed E-state index contributed by atoms with van der Waals surface area (Å²) in [6.45, 7) is 3.10. The number of carbonyl (C=O) groups excluding carboxylic acids is 1. The average Bonchev–Trinajstić information content (AvgIpc) is 2.76. The van der Waals surface area contributed by atoms with E-state index in [2.05, 4.69) is 10.6 Å². The predicted octanol–water partition coefficient (Wildman–Crippen LogP) is 0.560. The molecule has 1 aliphatic heterocycles. The van der Waals surface area contributed by atoms with Crippen LogP contribution in [0.15, 0.2) is 0 Å². The highest BCUT2D eigenvalue weighted by molar-refractivity contribution is 5.85. The highest BCUT2D eigenvalue weighted by Gasteiger charge is 2.51. The van der Waals surface area contributed by atoms with Crippen molar-refractivity contribution in [3.8, 4) is 0 Å². The maximum Gasteiger partial charge on any atom is 0.227 e. The van der Waals surface area contributed by atoms with Crippen LogP contribution in [0.1, 0.15) is 19.3 Å². The van der Waals surface area contributed by atoms with Gasteiger partial charge in [0.2, 0.25) is 5.91 Å². The lowest BCUT2D eigenvalue weighted by Gasteiger charge is -2.26. The zero-order valence-corrected chi connectivity index (χ0v) is 10.6. The topological polar surface area (TPSA) is 50.4 Å². The predicted molar refractivity (Wildman–Crippen MR) is 64.8 cm³/mol. The van der Waals surface area contributed by atoms with Crippen molar-refractivity contribution < 1.29 is 9.53 Å². The van der Waals surface area contributed by atoms with Crippen molar-refractivity contribution >= 4 is 18.3 Å². The lowest BCUT2D eigenvalue weighted by Crippen LogP contribution is -2.44. The summed E-state index contributed by atoms with van der Waals surface area (Å²) in [5.74, 6) is 0.784. The van der Waals surface area contributed by atoms with E-state index < -0.39 is 0 Å². The fraction of sp³-hybridized carbons (Fsp3) is 0.909. The van der Waals surface area contributed by atoms with Gasteiger partial charge in [0.1, 0.15) is 0 Å². The summed E-state index contributed by atoms with van der Waals surface area (Å²) in [5, 5.41) is 6.33. The minimum atomic E-state index is -0.103. The fourth-order valence-electron chi connectivity index (χ4n) is 2.97. The lowest BCUT2D eigenvalue weighted by molar-refractivity contribution is -0.131. The second kappa shape index (κ2) is 5.84. The van der Waals surface area contributed by atoms with Crippen molar-refractivity contribution in [2.75, 3.05) is 33.4 Å². The standard InChI is InChI=1S/C11H20N2O2.ClH/c1-15-6-5-13-10(14)11-4-2-3-9(11)7-12-8-11;/h9,12H,2-8H2,1H3,(H,13,14);1H/t9-,11-;/m1./s1. The highest BCUT2D eigenvalue weighted by Crippen LogP contribution is 2.45. The van der Waals surface area contributed by atoms with Gasteiger partial charge in [-0.15, -0.1) is 12.4 Å². The van der Waals surface area contributed by atoms with Crippen LogP contribution in [0.5, 0.6) is 0 Å². The Hall–Kier alpha value is -0.320. The Kier molecular flexibility index (Phi) is 5.02. The van der Waals surface area contributed by atoms with E-state index in [0.29, 0.717) is 19.1 Å². The van der Waals surface area contributed by atoms with E-state index in [0.717, 1.165) is 19.5 Å². The number of amides is 1. The number of hydrogen-bond donors (Lipinski definition) is 2. The third kappa shape index (κ3) is 2.34. The van der Waals surface area contributed by atoms with Gasteiger partial charge in [-0.2, -0.15) is 0 Å². The maximum atomic E-state index is 12.1. The summed E-state index contributed by atoms with van der Waals surface area (Å²) >= 11 is 0. The number of ether oxygens (including phenoxy) is 1. The molecule has 2 rings (SSSR count). The largest absolute Gasteiger partial charge is 0.383 e. The number of rotatable bonds is 4. The molecule has 2 N–H and O–H groups in total. The van der Waals surface area contributed by atoms with Crippen LogP contribution in [0.3, 0.4) is 0 Å². The average molecular weight is 249 g/mol. The summed E-state index contributed by atoms with van der Waals surface area (Å²) < 4.78 is 4.93. The molecule has 1 saturated heterocycles. The van der Waals surface area contributed by atoms with E-state index in [4.69, 9.17) is 4.74 Å². The Balaban J connectivity index is 0.00000128. The molecule has 2 atom stereocenters. The van der Waals surface area contributed by atoms with Crippen LogP contribution in [0.2, 0.25) is 0 Å². The zero-order chi connectivity index (χ0) is 10.7. The lowest BCUT2D eigenvalue weighted by atomic mass is 9.80. The number of fused-ring (bicyclic) bond motifs is 1. The molecular weight excluding hydrogens is 228 g/mol. The first-order valence-corrected chi connectivity index (χ1v) is 5.77. The van der Waals surface area contributed by atoms with Gasteiger partial charge in [0.15, 0.2) is 0 Å². The van der Waals surface area contributed by atoms with Crippen LogP contribution in [-0.4, -0.2) is 39.3 Å². The molecule has 0 aromatic rings. The summed E-state index contributed by atoms with van der Waals surface area (Å²) in [6, 6.07) is 0. The molecule has 0 unspecified atom stereocenters. The van der Waals surface area contributed by atoms with E-state index in [1.54, 1.807) is 7.11 Å². The third-order valence-corrected chi connectivity index (χ3v) is 3.83. The molecule has 94 valence electrons. The van der Waals surface area contributed by atoms with Crippen LogP contribution in [0, 0.1) is 11.3 Å². The van der Waals surface area contributed by atoms with Gasteiger partial charge in [-0.05, 0) is 25.3 Å². The molecule has 0 bridgehead atoms. The van der Waals surface area contributed by atoms with E-state index in [1.807, 2.05) is 0 Å². The molecule has 0 aromatic heterocycles. The summed E-state index contributed by atoms with van der Waals surface area (Å²) in [7, 11) is 1.65. The van der Waals surface area contributed by atoms with Gasteiger partial charge >= 0.3 is 0 Å². The normalized spacial score (nSPS) is 31.9. The van der Waals surface area contributed by atoms with Crippen molar-refractivity contribution in [3.63, 3.8) is 0 Å². The molecule has 1 amide bonds. The maximum absolute atomic E-state index is 12.1. The van der Waals surface area contributed by atoms with Crippen molar-refractivity contribution in [3.05, 3.63) is 0 Å². The summed E-state index contributed by atoms with van der Waals surface area (Å²) in [6.07, 6.45) is 3.44. The van der Waals surface area contributed by atoms with E-state index in [-0.39, 0.29) is 23.7 Å². The zero-order valence-electron chi connectivity index (χ0n) is 9.75. The SMILES string of the molecule is COCCNC(=O)[C@@]12CCC[C@@H]1CNC2.Cl. The van der Waals surface area contributed by atoms with Gasteiger partial charge in [0.25, 0.3) is 0 Å². The Labute approximate surface area is 103 Å². The van der Waals surface area contributed by atoms with Crippen LogP contribution in [0.4, 0.5) is 0 Å². The number of carbonyl (C=O) groups is 1. The second-order valence-corrected chi connectivity index (χ2v) is 4.62. The quantitative estimate of drug-likeness (QED) is 0.715. The first-order chi connectivity index (χ1) is 7.29. The van der Waals surface area contributed by atoms with Crippen molar-refractivity contribution in [1.82, 2.24) is 10.6 Å². The fourth-order valence-corrected chi connectivity index (χ4v) is 2.97. The first kappa shape index (κ1) is 13.7. The molecule has 4 nitrogen and oxygen atoms in total. The Morgan fingerprint density at radius 3 is 3.19 bits per heavy atom. The van der Waals surface area contributed by atoms with Crippen LogP contribution < -0.4 is 10.6 Å². The van der Waals surface area contributed by atoms with Gasteiger partial charge in [-0.1, -0.05) is 6.42 Å². The van der Waals surface area contributed by atoms with Gasteiger partial charge < -0.3 is 15.4 Å². The van der Waals surface area contributed by atoms with Crippen LogP contribution in [0.25, 0.3) is 0 Å². The van der Waals surface area contributed by atoms with Crippen molar-refractivity contribution in [2.45, 2.75) is 19.3 Å². The van der Waals surface area contributed by atoms with Gasteiger partial charge in [-0.25, -0.2) is 0 Å². The first-order valence-electron chi connectivity index (χ1n) is 5.77. The number of methoxy groups -OCH3 is 1. The van der Waals surface area contributed by atoms with Crippen molar-refractivity contribution in [1.29, 1.82) is 0 Å². The third-order valence-electron chi connectivity index (χ3n) is 3.83. The van der Waals surface area contributed by atoms with Crippen LogP contribution in [-0.2, 0) is 9.53 Å². The molecule has 0 spiro atoms. The van der Waals surface area contributed by atoms with E-state index in [1.165, 1.54) is 12.8 Å². The molecule has 1 heterocycles. The number of halogens is 1. The molecule has 0 radical (unpaired) electrons. The highest BCUT2D eigenvalue weighted by atomic mass is 35.5. The van der Waals surface area contributed by atoms with Gasteiger partial charge in [0.05, 0.1) is 12.0 Å². The van der Waals surface area contributed by atoms with Gasteiger partial charge in [-0.3, -0.25) is 4.79 Å². The molecule has 1 aliphatic carbocycles. The summed E-state index contributed by atoms with van der Waals surface area (Å²) in [5.41, 5.74) is -0.103. The monoisotopic (exact) mass is 248 g/mol. The Morgan fingerprint density at radius 1 is 1.62 bits per heavy atom. The number of hydrogen-bond acceptors (Lipinski definition) is 3. The number of nitrogens with one attached hydrogen (secondary N) is 2. The smallest absolute Gasteiger partial charge is 0.227 e.